The topological polar surface area (TPSA) is 68.1 Å². The lowest BCUT2D eigenvalue weighted by atomic mass is 9.78. The minimum Gasteiger partial charge on any atom is -0.367 e. The highest BCUT2D eigenvalue weighted by atomic mass is 32.1. The van der Waals surface area contributed by atoms with Gasteiger partial charge in [0, 0.05) is 49.1 Å². The van der Waals surface area contributed by atoms with Gasteiger partial charge in [-0.1, -0.05) is 0 Å². The molecule has 2 aromatic heterocycles. The molecule has 1 saturated heterocycles. The quantitative estimate of drug-likeness (QED) is 0.583. The monoisotopic (exact) mass is 504 g/mol. The molecular formula is C25H31F3N6S. The number of nitriles is 1. The van der Waals surface area contributed by atoms with Gasteiger partial charge >= 0.3 is 6.18 Å². The Bertz CT molecular complexity index is 1110. The minimum absolute atomic E-state index is 0.250. The molecule has 0 bridgehead atoms. The fourth-order valence-electron chi connectivity index (χ4n) is 6.12. The van der Waals surface area contributed by atoms with Crippen molar-refractivity contribution in [1.29, 1.82) is 5.26 Å². The summed E-state index contributed by atoms with van der Waals surface area (Å²) in [7, 11) is 0. The number of halogens is 3. The molecule has 3 aliphatic rings. The van der Waals surface area contributed by atoms with E-state index < -0.39 is 12.6 Å². The third-order valence-electron chi connectivity index (χ3n) is 7.71. The van der Waals surface area contributed by atoms with E-state index in [1.54, 1.807) is 6.07 Å². The number of likely N-dealkylation sites (tertiary alicyclic amines) is 1. The summed E-state index contributed by atoms with van der Waals surface area (Å²) in [5.41, 5.74) is 0.852. The van der Waals surface area contributed by atoms with Gasteiger partial charge in [-0.2, -0.15) is 18.4 Å². The zero-order valence-corrected chi connectivity index (χ0v) is 20.7. The Morgan fingerprint density at radius 1 is 1.20 bits per heavy atom. The molecule has 1 aliphatic carbocycles. The highest BCUT2D eigenvalue weighted by Gasteiger charge is 2.39. The standard InChI is InChI=1S/C25H31F3N6S/c1-2-34-19(13-29)10-17-9-16(3-4-22(17)34)14-33-7-5-18(6-8-33)32-23-21-11-20(12-25(26,27)28)35-24(21)31-15-30-23/h10-11,15-18,22H,2-9,12,14H2,1H3,(H,30,31,32). The number of hydrogen-bond donors (Lipinski definition) is 1. The molecule has 10 heteroatoms. The van der Waals surface area contributed by atoms with Crippen molar-refractivity contribution >= 4 is 27.4 Å². The molecule has 3 unspecified atom stereocenters. The van der Waals surface area contributed by atoms with Crippen LogP contribution in [0.4, 0.5) is 19.0 Å². The summed E-state index contributed by atoms with van der Waals surface area (Å²) in [5, 5.41) is 13.6. The molecule has 1 saturated carbocycles. The second kappa shape index (κ2) is 9.94. The van der Waals surface area contributed by atoms with Gasteiger partial charge < -0.3 is 15.1 Å². The van der Waals surface area contributed by atoms with E-state index in [1.165, 1.54) is 12.7 Å². The van der Waals surface area contributed by atoms with E-state index in [0.29, 0.717) is 33.9 Å². The molecule has 5 rings (SSSR count). The lowest BCUT2D eigenvalue weighted by molar-refractivity contribution is -0.126. The van der Waals surface area contributed by atoms with Gasteiger partial charge in [-0.15, -0.1) is 11.3 Å². The van der Waals surface area contributed by atoms with Crippen LogP contribution in [0.3, 0.4) is 0 Å². The van der Waals surface area contributed by atoms with E-state index in [1.807, 2.05) is 0 Å². The Morgan fingerprint density at radius 3 is 2.71 bits per heavy atom. The molecule has 6 nitrogen and oxygen atoms in total. The van der Waals surface area contributed by atoms with Crippen molar-refractivity contribution in [3.05, 3.63) is 29.0 Å². The first-order valence-electron chi connectivity index (χ1n) is 12.5. The SMILES string of the molecule is CCN1C(C#N)=CC2CC(CN3CCC(Nc4ncnc5sc(CC(F)(F)F)cc45)CC3)CCC21. The molecule has 2 aliphatic heterocycles. The van der Waals surface area contributed by atoms with Crippen LogP contribution in [0.15, 0.2) is 24.2 Å². The van der Waals surface area contributed by atoms with E-state index >= 15 is 0 Å². The molecule has 0 spiro atoms. The molecule has 0 amide bonds. The van der Waals surface area contributed by atoms with Crippen LogP contribution in [0.5, 0.6) is 0 Å². The molecular weight excluding hydrogens is 473 g/mol. The molecule has 1 N–H and O–H groups in total. The van der Waals surface area contributed by atoms with Crippen LogP contribution in [0.25, 0.3) is 10.2 Å². The van der Waals surface area contributed by atoms with Crippen molar-refractivity contribution in [1.82, 2.24) is 19.8 Å². The Hall–Kier alpha value is -2.38. The fourth-order valence-corrected chi connectivity index (χ4v) is 7.15. The molecule has 0 radical (unpaired) electrons. The number of anilines is 1. The third kappa shape index (κ3) is 5.41. The molecule has 35 heavy (non-hydrogen) atoms. The van der Waals surface area contributed by atoms with Crippen LogP contribution in [0, 0.1) is 23.2 Å². The van der Waals surface area contributed by atoms with Crippen molar-refractivity contribution in [2.75, 3.05) is 31.5 Å². The fraction of sp³-hybridized carbons (Fsp3) is 0.640. The zero-order valence-electron chi connectivity index (χ0n) is 19.9. The number of thiophene rings is 1. The summed E-state index contributed by atoms with van der Waals surface area (Å²) < 4.78 is 38.4. The summed E-state index contributed by atoms with van der Waals surface area (Å²) in [6.45, 7) is 6.13. The number of nitrogens with zero attached hydrogens (tertiary/aromatic N) is 5. The number of alkyl halides is 3. The number of hydrogen-bond acceptors (Lipinski definition) is 7. The van der Waals surface area contributed by atoms with Crippen molar-refractivity contribution in [3.63, 3.8) is 0 Å². The number of nitrogens with one attached hydrogen (secondary N) is 1. The Balaban J connectivity index is 1.14. The number of aromatic nitrogens is 2. The lowest BCUT2D eigenvalue weighted by Gasteiger charge is -2.40. The van der Waals surface area contributed by atoms with Crippen LogP contribution < -0.4 is 5.32 Å². The number of piperidine rings is 1. The van der Waals surface area contributed by atoms with E-state index in [2.05, 4.69) is 44.2 Å². The first-order valence-corrected chi connectivity index (χ1v) is 13.3. The summed E-state index contributed by atoms with van der Waals surface area (Å²) in [6, 6.07) is 4.70. The van der Waals surface area contributed by atoms with Gasteiger partial charge in [0.25, 0.3) is 0 Å². The van der Waals surface area contributed by atoms with E-state index in [-0.39, 0.29) is 10.9 Å². The van der Waals surface area contributed by atoms with Gasteiger partial charge in [0.2, 0.25) is 0 Å². The smallest absolute Gasteiger partial charge is 0.367 e. The van der Waals surface area contributed by atoms with Crippen molar-refractivity contribution in [2.24, 2.45) is 11.8 Å². The average molecular weight is 505 g/mol. The van der Waals surface area contributed by atoms with Crippen LogP contribution in [0.2, 0.25) is 0 Å². The van der Waals surface area contributed by atoms with Gasteiger partial charge in [0.15, 0.2) is 0 Å². The number of allylic oxidation sites excluding steroid dienone is 1. The molecule has 2 fully saturated rings. The average Bonchev–Trinajstić information content (AvgIpc) is 3.39. The van der Waals surface area contributed by atoms with Crippen molar-refractivity contribution < 1.29 is 13.2 Å². The summed E-state index contributed by atoms with van der Waals surface area (Å²) >= 11 is 1.09. The summed E-state index contributed by atoms with van der Waals surface area (Å²) in [6.07, 6.45) is 3.94. The highest BCUT2D eigenvalue weighted by molar-refractivity contribution is 7.18. The van der Waals surface area contributed by atoms with Gasteiger partial charge in [0.1, 0.15) is 28.7 Å². The normalized spacial score (nSPS) is 26.0. The Morgan fingerprint density at radius 2 is 2.00 bits per heavy atom. The third-order valence-corrected chi connectivity index (χ3v) is 8.75. The molecule has 4 heterocycles. The zero-order chi connectivity index (χ0) is 24.6. The molecule has 2 aromatic rings. The van der Waals surface area contributed by atoms with Crippen molar-refractivity contribution in [2.45, 2.75) is 63.7 Å². The molecule has 3 atom stereocenters. The predicted octanol–water partition coefficient (Wildman–Crippen LogP) is 5.20. The van der Waals surface area contributed by atoms with E-state index in [9.17, 15) is 18.4 Å². The lowest BCUT2D eigenvalue weighted by Crippen LogP contribution is -2.44. The minimum atomic E-state index is -4.23. The van der Waals surface area contributed by atoms with Crippen molar-refractivity contribution in [3.8, 4) is 6.07 Å². The maximum atomic E-state index is 12.8. The van der Waals surface area contributed by atoms with Gasteiger partial charge in [0.05, 0.1) is 11.8 Å². The van der Waals surface area contributed by atoms with Gasteiger partial charge in [-0.25, -0.2) is 9.97 Å². The van der Waals surface area contributed by atoms with E-state index in [4.69, 9.17) is 0 Å². The van der Waals surface area contributed by atoms with Crippen LogP contribution in [-0.4, -0.2) is 64.2 Å². The van der Waals surface area contributed by atoms with Crippen LogP contribution >= 0.6 is 11.3 Å². The van der Waals surface area contributed by atoms with E-state index in [0.717, 1.165) is 68.9 Å². The Labute approximate surface area is 207 Å². The first kappa shape index (κ1) is 24.3. The highest BCUT2D eigenvalue weighted by Crippen LogP contribution is 2.40. The predicted molar refractivity (Wildman–Crippen MR) is 131 cm³/mol. The Kier molecular flexibility index (Phi) is 6.91. The number of fused-ring (bicyclic) bond motifs is 2. The van der Waals surface area contributed by atoms with Crippen LogP contribution in [0.1, 0.15) is 43.9 Å². The maximum Gasteiger partial charge on any atom is 0.393 e. The largest absolute Gasteiger partial charge is 0.393 e. The molecule has 188 valence electrons. The van der Waals surface area contributed by atoms with Gasteiger partial charge in [-0.3, -0.25) is 0 Å². The number of rotatable bonds is 6. The maximum absolute atomic E-state index is 12.8. The molecule has 0 aromatic carbocycles. The summed E-state index contributed by atoms with van der Waals surface area (Å²) in [5.74, 6) is 1.79. The summed E-state index contributed by atoms with van der Waals surface area (Å²) in [4.78, 5) is 14.2. The second-order valence-corrected chi connectivity index (χ2v) is 11.1. The first-order chi connectivity index (χ1) is 16.8. The van der Waals surface area contributed by atoms with Crippen LogP contribution in [-0.2, 0) is 6.42 Å². The van der Waals surface area contributed by atoms with Gasteiger partial charge in [-0.05, 0) is 57.1 Å². The second-order valence-electron chi connectivity index (χ2n) is 10.0.